The van der Waals surface area contributed by atoms with Crippen molar-refractivity contribution in [2.75, 3.05) is 4.72 Å². The molecule has 28 heavy (non-hydrogen) atoms. The molecule has 0 unspecified atom stereocenters. The predicted octanol–water partition coefficient (Wildman–Crippen LogP) is 3.20. The lowest BCUT2D eigenvalue weighted by molar-refractivity contribution is -0.137. The number of hydrogen-bond acceptors (Lipinski definition) is 4. The molecule has 0 spiro atoms. The minimum Gasteiger partial charge on any atom is -0.289 e. The second-order valence-electron chi connectivity index (χ2n) is 6.20. The molecule has 0 aliphatic heterocycles. The lowest BCUT2D eigenvalue weighted by atomic mass is 10.1. The van der Waals surface area contributed by atoms with Crippen LogP contribution in [0, 0.1) is 13.8 Å². The Balaban J connectivity index is 2.09. The number of sulfonamides is 1. The minimum atomic E-state index is -4.73. The van der Waals surface area contributed by atoms with E-state index in [0.29, 0.717) is 11.6 Å². The smallest absolute Gasteiger partial charge is 0.289 e. The van der Waals surface area contributed by atoms with Crippen LogP contribution in [0.4, 0.5) is 18.9 Å². The van der Waals surface area contributed by atoms with Gasteiger partial charge in [0.2, 0.25) is 0 Å². The van der Waals surface area contributed by atoms with Gasteiger partial charge in [-0.15, -0.1) is 0 Å². The Morgan fingerprint density at radius 2 is 1.79 bits per heavy atom. The maximum Gasteiger partial charge on any atom is 0.416 e. The first-order valence-corrected chi connectivity index (χ1v) is 9.41. The largest absolute Gasteiger partial charge is 0.416 e. The summed E-state index contributed by atoms with van der Waals surface area (Å²) in [5.74, 6) is -0.150. The fourth-order valence-corrected chi connectivity index (χ4v) is 3.97. The standard InChI is InChI=1S/C17H15F3N4O3S/c1-9-3-4-14(10(2)5-9)28(26,27)24-13-7-11(15-21-16(25)23-22-15)6-12(8-13)17(18,19)20/h3-8,24H,1-2H3,(H2,21,22,23,25). The van der Waals surface area contributed by atoms with E-state index in [-0.39, 0.29) is 22.0 Å². The molecule has 0 saturated carbocycles. The maximum absolute atomic E-state index is 13.3. The average Bonchev–Trinajstić information content (AvgIpc) is 2.99. The number of benzene rings is 2. The molecule has 1 heterocycles. The summed E-state index contributed by atoms with van der Waals surface area (Å²) in [4.78, 5) is 13.4. The van der Waals surface area contributed by atoms with Crippen molar-refractivity contribution in [2.24, 2.45) is 0 Å². The maximum atomic E-state index is 13.3. The number of halogens is 3. The van der Waals surface area contributed by atoms with E-state index in [4.69, 9.17) is 0 Å². The molecule has 3 aromatic rings. The van der Waals surface area contributed by atoms with E-state index in [1.165, 1.54) is 6.07 Å². The first-order valence-electron chi connectivity index (χ1n) is 7.93. The normalized spacial score (nSPS) is 12.2. The second kappa shape index (κ2) is 6.82. The number of H-pyrrole nitrogens is 2. The van der Waals surface area contributed by atoms with Crippen LogP contribution < -0.4 is 10.4 Å². The molecule has 1 aromatic heterocycles. The van der Waals surface area contributed by atoms with E-state index >= 15 is 0 Å². The van der Waals surface area contributed by atoms with Gasteiger partial charge in [0.05, 0.1) is 16.1 Å². The lowest BCUT2D eigenvalue weighted by Crippen LogP contribution is -2.15. The number of rotatable bonds is 4. The molecule has 7 nitrogen and oxygen atoms in total. The quantitative estimate of drug-likeness (QED) is 0.612. The fraction of sp³-hybridized carbons (Fsp3) is 0.176. The molecule has 0 bridgehead atoms. The number of aromatic nitrogens is 3. The first-order chi connectivity index (χ1) is 13.0. The van der Waals surface area contributed by atoms with Crippen LogP contribution in [0.3, 0.4) is 0 Å². The topological polar surface area (TPSA) is 108 Å². The number of nitrogens with zero attached hydrogens (tertiary/aromatic N) is 1. The molecule has 3 N–H and O–H groups in total. The summed E-state index contributed by atoms with van der Waals surface area (Å²) in [5, 5.41) is 5.64. The van der Waals surface area contributed by atoms with Crippen LogP contribution in [0.15, 0.2) is 46.1 Å². The molecule has 2 aromatic carbocycles. The molecular weight excluding hydrogens is 397 g/mol. The van der Waals surface area contributed by atoms with Gasteiger partial charge in [-0.05, 0) is 43.7 Å². The number of nitrogens with one attached hydrogen (secondary N) is 3. The molecule has 0 amide bonds. The highest BCUT2D eigenvalue weighted by atomic mass is 32.2. The molecule has 0 saturated heterocycles. The molecule has 0 aliphatic carbocycles. The molecular formula is C17H15F3N4O3S. The zero-order chi connectivity index (χ0) is 20.7. The number of aryl methyl sites for hydroxylation is 2. The number of alkyl halides is 3. The van der Waals surface area contributed by atoms with Crippen molar-refractivity contribution in [1.82, 2.24) is 15.2 Å². The predicted molar refractivity (Wildman–Crippen MR) is 96.4 cm³/mol. The van der Waals surface area contributed by atoms with Crippen molar-refractivity contribution in [2.45, 2.75) is 24.9 Å². The minimum absolute atomic E-state index is 0.0507. The Kier molecular flexibility index (Phi) is 4.79. The molecule has 148 valence electrons. The highest BCUT2D eigenvalue weighted by Crippen LogP contribution is 2.34. The third kappa shape index (κ3) is 4.09. The summed E-state index contributed by atoms with van der Waals surface area (Å²) in [5.41, 5.74) is -0.909. The first kappa shape index (κ1) is 19.7. The Morgan fingerprint density at radius 3 is 2.36 bits per heavy atom. The monoisotopic (exact) mass is 412 g/mol. The molecule has 0 radical (unpaired) electrons. The van der Waals surface area contributed by atoms with Gasteiger partial charge in [0, 0.05) is 5.56 Å². The van der Waals surface area contributed by atoms with Crippen LogP contribution in [0.25, 0.3) is 11.4 Å². The Labute approximate surface area is 157 Å². The number of aromatic amines is 2. The van der Waals surface area contributed by atoms with Crippen LogP contribution in [-0.2, 0) is 16.2 Å². The van der Waals surface area contributed by atoms with Crippen LogP contribution in [0.5, 0.6) is 0 Å². The third-order valence-electron chi connectivity index (χ3n) is 3.91. The fourth-order valence-electron chi connectivity index (χ4n) is 2.70. The van der Waals surface area contributed by atoms with Crippen molar-refractivity contribution < 1.29 is 21.6 Å². The summed E-state index contributed by atoms with van der Waals surface area (Å²) in [7, 11) is -4.13. The van der Waals surface area contributed by atoms with E-state index in [1.807, 2.05) is 0 Å². The van der Waals surface area contributed by atoms with Crippen molar-refractivity contribution in [3.05, 3.63) is 63.6 Å². The van der Waals surface area contributed by atoms with E-state index in [0.717, 1.165) is 17.7 Å². The van der Waals surface area contributed by atoms with Crippen LogP contribution >= 0.6 is 0 Å². The van der Waals surface area contributed by atoms with Crippen molar-refractivity contribution in [3.8, 4) is 11.4 Å². The highest BCUT2D eigenvalue weighted by molar-refractivity contribution is 7.92. The average molecular weight is 412 g/mol. The zero-order valence-electron chi connectivity index (χ0n) is 14.7. The zero-order valence-corrected chi connectivity index (χ0v) is 15.5. The number of anilines is 1. The summed E-state index contributed by atoms with van der Waals surface area (Å²) in [6, 6.07) is 7.22. The van der Waals surface area contributed by atoms with Gasteiger partial charge in [0.1, 0.15) is 0 Å². The van der Waals surface area contributed by atoms with Gasteiger partial charge in [0.25, 0.3) is 10.0 Å². The molecule has 0 atom stereocenters. The van der Waals surface area contributed by atoms with Crippen molar-refractivity contribution in [3.63, 3.8) is 0 Å². The van der Waals surface area contributed by atoms with E-state index in [9.17, 15) is 26.4 Å². The van der Waals surface area contributed by atoms with Crippen LogP contribution in [-0.4, -0.2) is 23.6 Å². The summed E-state index contributed by atoms with van der Waals surface area (Å²) in [6.07, 6.45) is -4.73. The molecule has 0 aliphatic rings. The number of hydrogen-bond donors (Lipinski definition) is 3. The van der Waals surface area contributed by atoms with E-state index in [1.54, 1.807) is 26.0 Å². The second-order valence-corrected chi connectivity index (χ2v) is 7.85. The van der Waals surface area contributed by atoms with Gasteiger partial charge < -0.3 is 0 Å². The lowest BCUT2D eigenvalue weighted by Gasteiger charge is -2.14. The Hall–Kier alpha value is -3.08. The van der Waals surface area contributed by atoms with Gasteiger partial charge in [-0.1, -0.05) is 17.7 Å². The van der Waals surface area contributed by atoms with Gasteiger partial charge in [-0.25, -0.2) is 18.3 Å². The SMILES string of the molecule is Cc1ccc(S(=O)(=O)Nc2cc(-c3n[nH]c(=O)[nH]3)cc(C(F)(F)F)c2)c(C)c1. The Bertz CT molecular complexity index is 1200. The summed E-state index contributed by atoms with van der Waals surface area (Å²) in [6.45, 7) is 3.38. The van der Waals surface area contributed by atoms with Gasteiger partial charge in [0.15, 0.2) is 5.82 Å². The van der Waals surface area contributed by atoms with Crippen molar-refractivity contribution in [1.29, 1.82) is 0 Å². The molecule has 3 rings (SSSR count). The third-order valence-corrected chi connectivity index (χ3v) is 5.45. The molecule has 11 heteroatoms. The van der Waals surface area contributed by atoms with Crippen LogP contribution in [0.1, 0.15) is 16.7 Å². The summed E-state index contributed by atoms with van der Waals surface area (Å²) < 4.78 is 67.3. The van der Waals surface area contributed by atoms with Gasteiger partial charge in [-0.3, -0.25) is 9.71 Å². The van der Waals surface area contributed by atoms with Gasteiger partial charge >= 0.3 is 11.9 Å². The molecule has 0 fully saturated rings. The van der Waals surface area contributed by atoms with Gasteiger partial charge in [-0.2, -0.15) is 18.3 Å². The Morgan fingerprint density at radius 1 is 1.07 bits per heavy atom. The highest BCUT2D eigenvalue weighted by Gasteiger charge is 2.32. The van der Waals surface area contributed by atoms with Crippen LogP contribution in [0.2, 0.25) is 0 Å². The summed E-state index contributed by atoms with van der Waals surface area (Å²) >= 11 is 0. The van der Waals surface area contributed by atoms with E-state index < -0.39 is 27.5 Å². The van der Waals surface area contributed by atoms with E-state index in [2.05, 4.69) is 19.9 Å². The van der Waals surface area contributed by atoms with Crippen molar-refractivity contribution >= 4 is 15.7 Å².